The molecular weight excluding hydrogens is 591 g/mol. The van der Waals surface area contributed by atoms with Crippen molar-refractivity contribution >= 4 is 17.1 Å². The Morgan fingerprint density at radius 2 is 0.592 bits per heavy atom. The largest absolute Gasteiger partial charge is 0.310 e. The molecule has 0 aliphatic heterocycles. The molecular formula is C48H35N. The molecule has 8 rings (SSSR count). The summed E-state index contributed by atoms with van der Waals surface area (Å²) in [5, 5.41) is 0. The van der Waals surface area contributed by atoms with Gasteiger partial charge in [0.25, 0.3) is 0 Å². The van der Waals surface area contributed by atoms with Gasteiger partial charge in [0.2, 0.25) is 0 Å². The van der Waals surface area contributed by atoms with Crippen LogP contribution in [0.15, 0.2) is 212 Å². The fraction of sp³-hybridized carbons (Fsp3) is 0. The minimum atomic E-state index is 1.10. The molecule has 0 atom stereocenters. The van der Waals surface area contributed by atoms with Gasteiger partial charge in [-0.05, 0) is 86.5 Å². The fourth-order valence-corrected chi connectivity index (χ4v) is 6.64. The molecule has 1 heteroatoms. The van der Waals surface area contributed by atoms with E-state index in [1.807, 2.05) is 0 Å². The van der Waals surface area contributed by atoms with Crippen LogP contribution in [0.1, 0.15) is 0 Å². The summed E-state index contributed by atoms with van der Waals surface area (Å²) in [4.78, 5) is 2.37. The third kappa shape index (κ3) is 6.31. The molecule has 0 aromatic heterocycles. The van der Waals surface area contributed by atoms with Gasteiger partial charge in [-0.1, -0.05) is 176 Å². The van der Waals surface area contributed by atoms with Crippen LogP contribution in [0.2, 0.25) is 0 Å². The summed E-state index contributed by atoms with van der Waals surface area (Å²) in [6, 6.07) is 75.9. The lowest BCUT2D eigenvalue weighted by Crippen LogP contribution is -2.11. The molecule has 1 nitrogen and oxygen atoms in total. The van der Waals surface area contributed by atoms with E-state index in [1.165, 1.54) is 55.6 Å². The molecule has 0 N–H and O–H groups in total. The van der Waals surface area contributed by atoms with Crippen molar-refractivity contribution in [1.82, 2.24) is 0 Å². The lowest BCUT2D eigenvalue weighted by molar-refractivity contribution is 1.28. The third-order valence-electron chi connectivity index (χ3n) is 9.11. The molecule has 8 aromatic carbocycles. The smallest absolute Gasteiger partial charge is 0.0540 e. The van der Waals surface area contributed by atoms with Gasteiger partial charge in [0.15, 0.2) is 0 Å². The van der Waals surface area contributed by atoms with Gasteiger partial charge in [-0.2, -0.15) is 0 Å². The van der Waals surface area contributed by atoms with Crippen LogP contribution in [0.5, 0.6) is 0 Å². The highest BCUT2D eigenvalue weighted by molar-refractivity contribution is 5.90. The molecule has 0 aliphatic rings. The van der Waals surface area contributed by atoms with Crippen LogP contribution in [0.25, 0.3) is 55.6 Å². The second-order valence-corrected chi connectivity index (χ2v) is 12.2. The quantitative estimate of drug-likeness (QED) is 0.162. The molecule has 8 aromatic rings. The van der Waals surface area contributed by atoms with Crippen molar-refractivity contribution in [3.05, 3.63) is 212 Å². The summed E-state index contributed by atoms with van der Waals surface area (Å²) < 4.78 is 0. The maximum atomic E-state index is 2.37. The van der Waals surface area contributed by atoms with E-state index < -0.39 is 0 Å². The predicted molar refractivity (Wildman–Crippen MR) is 208 cm³/mol. The molecule has 0 heterocycles. The maximum Gasteiger partial charge on any atom is 0.0540 e. The zero-order chi connectivity index (χ0) is 32.8. The highest BCUT2D eigenvalue weighted by Gasteiger charge is 2.18. The van der Waals surface area contributed by atoms with Crippen LogP contribution < -0.4 is 4.90 Å². The van der Waals surface area contributed by atoms with Crippen molar-refractivity contribution in [2.45, 2.75) is 0 Å². The summed E-state index contributed by atoms with van der Waals surface area (Å²) in [6.07, 6.45) is 0. The van der Waals surface area contributed by atoms with Gasteiger partial charge in [-0.25, -0.2) is 0 Å². The summed E-state index contributed by atoms with van der Waals surface area (Å²) >= 11 is 0. The van der Waals surface area contributed by atoms with E-state index in [2.05, 4.69) is 217 Å². The number of nitrogens with zero attached hydrogens (tertiary/aromatic N) is 1. The Bertz CT molecular complexity index is 2280. The number of rotatable bonds is 8. The fourth-order valence-electron chi connectivity index (χ4n) is 6.64. The molecule has 0 amide bonds. The van der Waals surface area contributed by atoms with Crippen molar-refractivity contribution in [3.63, 3.8) is 0 Å². The SMILES string of the molecule is c1ccc(-c2ccc(N(c3ccc(-c4ccc(-c5ccccc5)c(-c5ccccc5)c4)cc3)c3ccccc3-c3ccccc3)cc2)cc1. The first-order valence-electron chi connectivity index (χ1n) is 16.8. The molecule has 0 saturated carbocycles. The maximum absolute atomic E-state index is 2.37. The Hall–Kier alpha value is -6.44. The number of anilines is 3. The number of benzene rings is 8. The Kier molecular flexibility index (Phi) is 8.39. The Balaban J connectivity index is 1.21. The van der Waals surface area contributed by atoms with Crippen molar-refractivity contribution < 1.29 is 0 Å². The number of hydrogen-bond acceptors (Lipinski definition) is 1. The van der Waals surface area contributed by atoms with E-state index in [4.69, 9.17) is 0 Å². The summed E-state index contributed by atoms with van der Waals surface area (Å²) in [5.74, 6) is 0. The Morgan fingerprint density at radius 3 is 1.12 bits per heavy atom. The van der Waals surface area contributed by atoms with Gasteiger partial charge in [-0.15, -0.1) is 0 Å². The van der Waals surface area contributed by atoms with E-state index in [-0.39, 0.29) is 0 Å². The normalized spacial score (nSPS) is 10.9. The van der Waals surface area contributed by atoms with Crippen molar-refractivity contribution in [1.29, 1.82) is 0 Å². The molecule has 232 valence electrons. The first-order chi connectivity index (χ1) is 24.3. The zero-order valence-electron chi connectivity index (χ0n) is 27.2. The molecule has 0 fully saturated rings. The molecule has 0 spiro atoms. The van der Waals surface area contributed by atoms with Crippen molar-refractivity contribution in [2.75, 3.05) is 4.90 Å². The molecule has 0 bridgehead atoms. The summed E-state index contributed by atoms with van der Waals surface area (Å²) in [7, 11) is 0. The van der Waals surface area contributed by atoms with E-state index in [1.54, 1.807) is 0 Å². The van der Waals surface area contributed by atoms with E-state index in [0.29, 0.717) is 0 Å². The molecule has 0 radical (unpaired) electrons. The summed E-state index contributed by atoms with van der Waals surface area (Å²) in [5.41, 5.74) is 15.4. The molecule has 0 saturated heterocycles. The van der Waals surface area contributed by atoms with Gasteiger partial charge in [0.05, 0.1) is 5.69 Å². The molecule has 0 unspecified atom stereocenters. The van der Waals surface area contributed by atoms with Crippen LogP contribution in [0.3, 0.4) is 0 Å². The van der Waals surface area contributed by atoms with Gasteiger partial charge in [0.1, 0.15) is 0 Å². The van der Waals surface area contributed by atoms with Crippen LogP contribution in [0.4, 0.5) is 17.1 Å². The third-order valence-corrected chi connectivity index (χ3v) is 9.11. The highest BCUT2D eigenvalue weighted by Crippen LogP contribution is 2.42. The second-order valence-electron chi connectivity index (χ2n) is 12.2. The van der Waals surface area contributed by atoms with Crippen LogP contribution in [0, 0.1) is 0 Å². The van der Waals surface area contributed by atoms with E-state index in [9.17, 15) is 0 Å². The van der Waals surface area contributed by atoms with Crippen LogP contribution in [-0.4, -0.2) is 0 Å². The monoisotopic (exact) mass is 625 g/mol. The van der Waals surface area contributed by atoms with Gasteiger partial charge in [0, 0.05) is 16.9 Å². The number of hydrogen-bond donors (Lipinski definition) is 0. The topological polar surface area (TPSA) is 3.24 Å². The molecule has 49 heavy (non-hydrogen) atoms. The minimum Gasteiger partial charge on any atom is -0.310 e. The average molecular weight is 626 g/mol. The lowest BCUT2D eigenvalue weighted by Gasteiger charge is -2.28. The minimum absolute atomic E-state index is 1.10. The first-order valence-corrected chi connectivity index (χ1v) is 16.8. The van der Waals surface area contributed by atoms with Gasteiger partial charge in [-0.3, -0.25) is 0 Å². The predicted octanol–water partition coefficient (Wildman–Crippen LogP) is 13.5. The van der Waals surface area contributed by atoms with E-state index in [0.717, 1.165) is 17.1 Å². The second kappa shape index (κ2) is 13.7. The van der Waals surface area contributed by atoms with Crippen molar-refractivity contribution in [2.24, 2.45) is 0 Å². The highest BCUT2D eigenvalue weighted by atomic mass is 15.1. The lowest BCUT2D eigenvalue weighted by atomic mass is 9.91. The summed E-state index contributed by atoms with van der Waals surface area (Å²) in [6.45, 7) is 0. The standard InChI is InChI=1S/C48H35N/c1-5-15-36(16-6-1)37-25-30-43(31-26-37)49(48-24-14-13-23-46(48)40-19-9-3-10-20-40)44-32-27-38(28-33-44)42-29-34-45(39-17-7-2-8-18-39)47(35-42)41-21-11-4-12-22-41/h1-35H. The molecule has 0 aliphatic carbocycles. The Labute approximate surface area is 289 Å². The van der Waals surface area contributed by atoms with Crippen LogP contribution in [-0.2, 0) is 0 Å². The number of para-hydroxylation sites is 1. The van der Waals surface area contributed by atoms with Gasteiger partial charge < -0.3 is 4.90 Å². The van der Waals surface area contributed by atoms with Gasteiger partial charge >= 0.3 is 0 Å². The zero-order valence-corrected chi connectivity index (χ0v) is 27.2. The average Bonchev–Trinajstić information content (AvgIpc) is 3.20. The van der Waals surface area contributed by atoms with Crippen molar-refractivity contribution in [3.8, 4) is 55.6 Å². The van der Waals surface area contributed by atoms with Crippen LogP contribution >= 0.6 is 0 Å². The Morgan fingerprint density at radius 1 is 0.224 bits per heavy atom. The first kappa shape index (κ1) is 29.9. The van der Waals surface area contributed by atoms with E-state index >= 15 is 0 Å².